The first-order chi connectivity index (χ1) is 11.3. The fourth-order valence-electron chi connectivity index (χ4n) is 3.06. The molecule has 3 rings (SSSR count). The summed E-state index contributed by atoms with van der Waals surface area (Å²) in [6.45, 7) is 9.42. The fraction of sp³-hybridized carbons (Fsp3) is 0.588. The summed E-state index contributed by atoms with van der Waals surface area (Å²) in [4.78, 5) is 8.90. The topological polar surface area (TPSA) is 42.9 Å². The van der Waals surface area contributed by atoms with Gasteiger partial charge in [-0.2, -0.15) is 0 Å². The van der Waals surface area contributed by atoms with Crippen molar-refractivity contribution >= 4 is 35.6 Å². The minimum absolute atomic E-state index is 0. The summed E-state index contributed by atoms with van der Waals surface area (Å²) in [5.41, 5.74) is 1.66. The van der Waals surface area contributed by atoms with Crippen molar-refractivity contribution in [1.82, 2.24) is 15.5 Å². The highest BCUT2D eigenvalue weighted by Gasteiger charge is 2.18. The first-order valence-corrected chi connectivity index (χ1v) is 8.54. The maximum atomic E-state index is 14.5. The van der Waals surface area contributed by atoms with E-state index in [1.165, 1.54) is 0 Å². The third-order valence-corrected chi connectivity index (χ3v) is 4.53. The van der Waals surface area contributed by atoms with E-state index in [4.69, 9.17) is 0 Å². The summed E-state index contributed by atoms with van der Waals surface area (Å²) in [5, 5.41) is 6.44. The predicted molar refractivity (Wildman–Crippen MR) is 108 cm³/mol. The third kappa shape index (κ3) is 4.95. The van der Waals surface area contributed by atoms with Gasteiger partial charge < -0.3 is 20.4 Å². The van der Waals surface area contributed by atoms with Crippen LogP contribution < -0.4 is 15.5 Å². The average Bonchev–Trinajstić information content (AvgIpc) is 2.61. The molecule has 1 aromatic carbocycles. The molecule has 0 radical (unpaired) electrons. The van der Waals surface area contributed by atoms with Crippen molar-refractivity contribution in [2.75, 3.05) is 50.7 Å². The third-order valence-electron chi connectivity index (χ3n) is 4.53. The molecule has 2 aliphatic heterocycles. The van der Waals surface area contributed by atoms with Crippen molar-refractivity contribution in [1.29, 1.82) is 0 Å². The lowest BCUT2D eigenvalue weighted by Gasteiger charge is -2.35. The molecule has 1 aromatic rings. The van der Waals surface area contributed by atoms with Crippen LogP contribution in [-0.4, -0.2) is 56.7 Å². The quantitative estimate of drug-likeness (QED) is 0.694. The summed E-state index contributed by atoms with van der Waals surface area (Å²) in [6, 6.07) is 5.54. The Kier molecular flexibility index (Phi) is 7.54. The summed E-state index contributed by atoms with van der Waals surface area (Å²) < 4.78 is 14.5. The second kappa shape index (κ2) is 9.41. The summed E-state index contributed by atoms with van der Waals surface area (Å²) >= 11 is 0. The summed E-state index contributed by atoms with van der Waals surface area (Å²) in [7, 11) is 0. The SMILES string of the molecule is CCN1CCN(c2ccc(CNC3=NCCCN3)cc2F)CC1.I. The van der Waals surface area contributed by atoms with Crippen LogP contribution in [0.3, 0.4) is 0 Å². The molecule has 1 saturated heterocycles. The number of piperazine rings is 1. The van der Waals surface area contributed by atoms with Gasteiger partial charge in [0.1, 0.15) is 5.82 Å². The van der Waals surface area contributed by atoms with Crippen molar-refractivity contribution < 1.29 is 4.39 Å². The number of aliphatic imine (C=N–C) groups is 1. The Hall–Kier alpha value is -1.09. The fourth-order valence-corrected chi connectivity index (χ4v) is 3.06. The lowest BCUT2D eigenvalue weighted by atomic mass is 10.1. The van der Waals surface area contributed by atoms with Crippen molar-refractivity contribution in [3.8, 4) is 0 Å². The lowest BCUT2D eigenvalue weighted by Crippen LogP contribution is -2.46. The van der Waals surface area contributed by atoms with Gasteiger partial charge in [-0.1, -0.05) is 13.0 Å². The van der Waals surface area contributed by atoms with Gasteiger partial charge in [0, 0.05) is 45.8 Å². The molecule has 0 spiro atoms. The number of nitrogens with one attached hydrogen (secondary N) is 2. The van der Waals surface area contributed by atoms with Crippen LogP contribution in [0.15, 0.2) is 23.2 Å². The van der Waals surface area contributed by atoms with E-state index in [-0.39, 0.29) is 29.8 Å². The second-order valence-corrected chi connectivity index (χ2v) is 6.07. The Morgan fingerprint density at radius 1 is 1.25 bits per heavy atom. The van der Waals surface area contributed by atoms with Crippen LogP contribution in [0.25, 0.3) is 0 Å². The van der Waals surface area contributed by atoms with Gasteiger partial charge in [-0.05, 0) is 30.7 Å². The van der Waals surface area contributed by atoms with E-state index in [2.05, 4.69) is 32.3 Å². The van der Waals surface area contributed by atoms with Gasteiger partial charge in [0.05, 0.1) is 5.69 Å². The van der Waals surface area contributed by atoms with Gasteiger partial charge in [0.15, 0.2) is 5.96 Å². The number of hydrogen-bond acceptors (Lipinski definition) is 5. The molecule has 2 heterocycles. The minimum atomic E-state index is -0.132. The maximum absolute atomic E-state index is 14.5. The number of guanidine groups is 1. The zero-order valence-electron chi connectivity index (χ0n) is 14.2. The molecule has 0 aromatic heterocycles. The standard InChI is InChI=1S/C17H26FN5.HI/c1-2-22-8-10-23(11-9-22)16-5-4-14(12-15(16)18)13-21-17-19-6-3-7-20-17;/h4-5,12H,2-3,6-11,13H2,1H3,(H2,19,20,21);1H. The smallest absolute Gasteiger partial charge is 0.191 e. The van der Waals surface area contributed by atoms with E-state index in [0.29, 0.717) is 6.54 Å². The molecule has 2 aliphatic rings. The van der Waals surface area contributed by atoms with Gasteiger partial charge in [-0.3, -0.25) is 4.99 Å². The zero-order chi connectivity index (χ0) is 16.1. The lowest BCUT2D eigenvalue weighted by molar-refractivity contribution is 0.270. The largest absolute Gasteiger partial charge is 0.367 e. The molecule has 0 bridgehead atoms. The predicted octanol–water partition coefficient (Wildman–Crippen LogP) is 2.02. The second-order valence-electron chi connectivity index (χ2n) is 6.07. The van der Waals surface area contributed by atoms with E-state index in [0.717, 1.165) is 69.4 Å². The number of hydrogen-bond donors (Lipinski definition) is 2. The highest BCUT2D eigenvalue weighted by molar-refractivity contribution is 14.0. The summed E-state index contributed by atoms with van der Waals surface area (Å²) in [6.07, 6.45) is 1.07. The van der Waals surface area contributed by atoms with Gasteiger partial charge in [-0.25, -0.2) is 4.39 Å². The van der Waals surface area contributed by atoms with Crippen molar-refractivity contribution in [2.45, 2.75) is 19.9 Å². The van der Waals surface area contributed by atoms with Gasteiger partial charge in [0.2, 0.25) is 0 Å². The van der Waals surface area contributed by atoms with E-state index in [1.54, 1.807) is 6.07 Å². The Labute approximate surface area is 160 Å². The Bertz CT molecular complexity index is 558. The first-order valence-electron chi connectivity index (χ1n) is 8.54. The number of halogens is 2. The van der Waals surface area contributed by atoms with Crippen LogP contribution in [-0.2, 0) is 6.54 Å². The number of anilines is 1. The molecule has 1 fully saturated rings. The summed E-state index contributed by atoms with van der Waals surface area (Å²) in [5.74, 6) is 0.684. The zero-order valence-corrected chi connectivity index (χ0v) is 16.6. The molecule has 0 saturated carbocycles. The van der Waals surface area contributed by atoms with Gasteiger partial charge >= 0.3 is 0 Å². The van der Waals surface area contributed by atoms with Crippen LogP contribution in [0.1, 0.15) is 18.9 Å². The molecule has 7 heteroatoms. The van der Waals surface area contributed by atoms with E-state index >= 15 is 0 Å². The monoisotopic (exact) mass is 447 g/mol. The minimum Gasteiger partial charge on any atom is -0.367 e. The van der Waals surface area contributed by atoms with Crippen LogP contribution in [0.5, 0.6) is 0 Å². The number of nitrogens with zero attached hydrogens (tertiary/aromatic N) is 3. The Balaban J connectivity index is 0.00000208. The number of likely N-dealkylation sites (N-methyl/N-ethyl adjacent to an activating group) is 1. The Morgan fingerprint density at radius 3 is 2.67 bits per heavy atom. The molecular formula is C17H27FIN5. The number of benzene rings is 1. The first kappa shape index (κ1) is 19.2. The molecule has 0 atom stereocenters. The molecule has 0 unspecified atom stereocenters. The molecular weight excluding hydrogens is 420 g/mol. The normalized spacial score (nSPS) is 18.4. The molecule has 5 nitrogen and oxygen atoms in total. The van der Waals surface area contributed by atoms with Crippen molar-refractivity contribution in [3.63, 3.8) is 0 Å². The van der Waals surface area contributed by atoms with Gasteiger partial charge in [0.25, 0.3) is 0 Å². The van der Waals surface area contributed by atoms with Crippen molar-refractivity contribution in [3.05, 3.63) is 29.6 Å². The Morgan fingerprint density at radius 2 is 2.04 bits per heavy atom. The highest BCUT2D eigenvalue weighted by atomic mass is 127. The maximum Gasteiger partial charge on any atom is 0.191 e. The average molecular weight is 447 g/mol. The molecule has 0 aliphatic carbocycles. The molecule has 134 valence electrons. The van der Waals surface area contributed by atoms with Crippen LogP contribution in [0.4, 0.5) is 10.1 Å². The van der Waals surface area contributed by atoms with E-state index in [9.17, 15) is 4.39 Å². The van der Waals surface area contributed by atoms with Crippen LogP contribution >= 0.6 is 24.0 Å². The van der Waals surface area contributed by atoms with Crippen LogP contribution in [0, 0.1) is 5.82 Å². The highest BCUT2D eigenvalue weighted by Crippen LogP contribution is 2.22. The van der Waals surface area contributed by atoms with E-state index < -0.39 is 0 Å². The molecule has 24 heavy (non-hydrogen) atoms. The number of rotatable bonds is 4. The van der Waals surface area contributed by atoms with Crippen LogP contribution in [0.2, 0.25) is 0 Å². The van der Waals surface area contributed by atoms with E-state index in [1.807, 2.05) is 12.1 Å². The van der Waals surface area contributed by atoms with Crippen molar-refractivity contribution in [2.24, 2.45) is 4.99 Å². The molecule has 2 N–H and O–H groups in total. The molecule has 0 amide bonds. The van der Waals surface area contributed by atoms with Gasteiger partial charge in [-0.15, -0.1) is 24.0 Å².